The predicted molar refractivity (Wildman–Crippen MR) is 85.5 cm³/mol. The van der Waals surface area contributed by atoms with E-state index in [9.17, 15) is 4.79 Å². The van der Waals surface area contributed by atoms with Gasteiger partial charge in [0.25, 0.3) is 5.91 Å². The van der Waals surface area contributed by atoms with Crippen LogP contribution in [0.15, 0.2) is 29.0 Å². The van der Waals surface area contributed by atoms with Crippen molar-refractivity contribution in [2.45, 2.75) is 56.7 Å². The van der Waals surface area contributed by atoms with Crippen LogP contribution in [-0.2, 0) is 11.3 Å². The Kier molecular flexibility index (Phi) is 4.10. The quantitative estimate of drug-likeness (QED) is 0.929. The molecule has 1 atom stereocenters. The van der Waals surface area contributed by atoms with Crippen LogP contribution >= 0.6 is 0 Å². The van der Waals surface area contributed by atoms with Crippen LogP contribution in [0.1, 0.15) is 54.8 Å². The lowest BCUT2D eigenvalue weighted by atomic mass is 9.79. The molecule has 4 rings (SSSR count). The fraction of sp³-hybridized carbons (Fsp3) is 0.588. The highest BCUT2D eigenvalue weighted by atomic mass is 16.5. The van der Waals surface area contributed by atoms with Crippen molar-refractivity contribution in [2.24, 2.45) is 0 Å². The molecule has 2 aromatic rings. The molecule has 3 heterocycles. The van der Waals surface area contributed by atoms with Crippen LogP contribution in [0.2, 0.25) is 0 Å². The van der Waals surface area contributed by atoms with E-state index in [0.29, 0.717) is 24.6 Å². The summed E-state index contributed by atoms with van der Waals surface area (Å²) in [5.74, 6) is 0.421. The van der Waals surface area contributed by atoms with Gasteiger partial charge >= 0.3 is 0 Å². The average Bonchev–Trinajstić information content (AvgIpc) is 3.33. The van der Waals surface area contributed by atoms with Gasteiger partial charge in [-0.25, -0.2) is 0 Å². The Bertz CT molecular complexity index is 689. The number of carbonyl (C=O) groups excluding carboxylic acids is 1. The van der Waals surface area contributed by atoms with Crippen molar-refractivity contribution in [1.29, 1.82) is 0 Å². The summed E-state index contributed by atoms with van der Waals surface area (Å²) >= 11 is 0. The first-order valence-electron chi connectivity index (χ1n) is 8.63. The number of rotatable bonds is 4. The van der Waals surface area contributed by atoms with E-state index in [1.807, 2.05) is 12.3 Å². The van der Waals surface area contributed by atoms with Gasteiger partial charge in [-0.05, 0) is 25.3 Å². The molecular formula is C17H22N4O3. The fourth-order valence-corrected chi connectivity index (χ4v) is 3.87. The number of aromatic nitrogens is 3. The molecule has 1 aliphatic heterocycles. The van der Waals surface area contributed by atoms with Gasteiger partial charge in [0, 0.05) is 25.1 Å². The lowest BCUT2D eigenvalue weighted by Crippen LogP contribution is -2.51. The zero-order valence-corrected chi connectivity index (χ0v) is 13.6. The number of hydrogen-bond donors (Lipinski definition) is 1. The molecule has 1 N–H and O–H groups in total. The van der Waals surface area contributed by atoms with E-state index in [4.69, 9.17) is 9.26 Å². The molecule has 1 amide bonds. The fourth-order valence-electron chi connectivity index (χ4n) is 3.87. The Labute approximate surface area is 140 Å². The smallest absolute Gasteiger partial charge is 0.273 e. The summed E-state index contributed by atoms with van der Waals surface area (Å²) in [5, 5.41) is 11.1. The summed E-state index contributed by atoms with van der Waals surface area (Å²) in [7, 11) is 0. The van der Waals surface area contributed by atoms with Gasteiger partial charge < -0.3 is 14.6 Å². The first-order valence-corrected chi connectivity index (χ1v) is 8.63. The van der Waals surface area contributed by atoms with Gasteiger partial charge in [0.05, 0.1) is 11.6 Å². The molecule has 1 spiro atoms. The Morgan fingerprint density at radius 3 is 3.04 bits per heavy atom. The second-order valence-electron chi connectivity index (χ2n) is 6.67. The van der Waals surface area contributed by atoms with Crippen molar-refractivity contribution in [1.82, 2.24) is 20.3 Å². The number of nitrogens with one attached hydrogen (secondary N) is 1. The zero-order chi connectivity index (χ0) is 16.4. The van der Waals surface area contributed by atoms with E-state index in [0.717, 1.165) is 19.3 Å². The van der Waals surface area contributed by atoms with Gasteiger partial charge in [-0.2, -0.15) is 5.10 Å². The maximum Gasteiger partial charge on any atom is 0.273 e. The maximum atomic E-state index is 12.5. The lowest BCUT2D eigenvalue weighted by Gasteiger charge is -2.37. The molecule has 0 radical (unpaired) electrons. The van der Waals surface area contributed by atoms with E-state index in [-0.39, 0.29) is 17.6 Å². The molecule has 2 aromatic heterocycles. The maximum absolute atomic E-state index is 12.5. The number of amides is 1. The Hall–Kier alpha value is -2.15. The second-order valence-corrected chi connectivity index (χ2v) is 6.67. The highest BCUT2D eigenvalue weighted by Gasteiger charge is 2.45. The monoisotopic (exact) mass is 330 g/mol. The number of hydrogen-bond acceptors (Lipinski definition) is 5. The van der Waals surface area contributed by atoms with Gasteiger partial charge in [-0.1, -0.05) is 24.4 Å². The SMILES string of the molecule is O=C(NC1CCOC12CCCCC2)c1cc(Cn2cccn2)on1. The van der Waals surface area contributed by atoms with Gasteiger partial charge in [-0.3, -0.25) is 9.48 Å². The summed E-state index contributed by atoms with van der Waals surface area (Å²) in [6, 6.07) is 3.59. The molecule has 0 aromatic carbocycles. The predicted octanol–water partition coefficient (Wildman–Crippen LogP) is 2.14. The topological polar surface area (TPSA) is 82.2 Å². The van der Waals surface area contributed by atoms with Gasteiger partial charge in [-0.15, -0.1) is 0 Å². The van der Waals surface area contributed by atoms with Crippen molar-refractivity contribution >= 4 is 5.91 Å². The molecule has 7 heteroatoms. The van der Waals surface area contributed by atoms with Crippen molar-refractivity contribution in [3.63, 3.8) is 0 Å². The lowest BCUT2D eigenvalue weighted by molar-refractivity contribution is -0.0375. The van der Waals surface area contributed by atoms with Crippen LogP contribution in [0.25, 0.3) is 0 Å². The summed E-state index contributed by atoms with van der Waals surface area (Å²) in [4.78, 5) is 12.5. The molecule has 2 aliphatic rings. The van der Waals surface area contributed by atoms with Crippen LogP contribution in [0, 0.1) is 0 Å². The minimum absolute atomic E-state index is 0.0663. The van der Waals surface area contributed by atoms with Crippen molar-refractivity contribution < 1.29 is 14.1 Å². The third-order valence-electron chi connectivity index (χ3n) is 5.10. The number of nitrogens with zero attached hydrogens (tertiary/aromatic N) is 3. The summed E-state index contributed by atoms with van der Waals surface area (Å²) in [5.41, 5.74) is 0.144. The Morgan fingerprint density at radius 2 is 2.25 bits per heavy atom. The van der Waals surface area contributed by atoms with E-state index in [1.54, 1.807) is 16.9 Å². The third-order valence-corrected chi connectivity index (χ3v) is 5.10. The van der Waals surface area contributed by atoms with Crippen LogP contribution < -0.4 is 5.32 Å². The summed E-state index contributed by atoms with van der Waals surface area (Å²) < 4.78 is 13.0. The molecule has 2 fully saturated rings. The number of ether oxygens (including phenoxy) is 1. The third kappa shape index (κ3) is 2.96. The molecule has 24 heavy (non-hydrogen) atoms. The highest BCUT2D eigenvalue weighted by molar-refractivity contribution is 5.92. The van der Waals surface area contributed by atoms with Gasteiger partial charge in [0.15, 0.2) is 11.5 Å². The minimum atomic E-state index is -0.189. The standard InChI is InChI=1S/C17H22N4O3/c22-16(14-11-13(24-20-14)12-21-9-4-8-18-21)19-15-5-10-23-17(15)6-2-1-3-7-17/h4,8-9,11,15H,1-3,5-7,10,12H2,(H,19,22). The molecule has 7 nitrogen and oxygen atoms in total. The van der Waals surface area contributed by atoms with E-state index in [1.165, 1.54) is 19.3 Å². The minimum Gasteiger partial charge on any atom is -0.373 e. The molecule has 128 valence electrons. The zero-order valence-electron chi connectivity index (χ0n) is 13.6. The van der Waals surface area contributed by atoms with Crippen LogP contribution in [0.3, 0.4) is 0 Å². The first kappa shape index (κ1) is 15.4. The molecule has 1 saturated heterocycles. The Morgan fingerprint density at radius 1 is 1.38 bits per heavy atom. The molecule has 1 unspecified atom stereocenters. The normalized spacial score (nSPS) is 22.8. The average molecular weight is 330 g/mol. The van der Waals surface area contributed by atoms with Crippen LogP contribution in [0.5, 0.6) is 0 Å². The second kappa shape index (κ2) is 6.39. The first-order chi connectivity index (χ1) is 11.8. The highest BCUT2D eigenvalue weighted by Crippen LogP contribution is 2.39. The van der Waals surface area contributed by atoms with Gasteiger partial charge in [0.2, 0.25) is 0 Å². The van der Waals surface area contributed by atoms with E-state index < -0.39 is 0 Å². The van der Waals surface area contributed by atoms with E-state index >= 15 is 0 Å². The molecular weight excluding hydrogens is 308 g/mol. The molecule has 0 bridgehead atoms. The van der Waals surface area contributed by atoms with Crippen LogP contribution in [0.4, 0.5) is 0 Å². The van der Waals surface area contributed by atoms with E-state index in [2.05, 4.69) is 15.6 Å². The van der Waals surface area contributed by atoms with Crippen molar-refractivity contribution in [3.05, 3.63) is 36.0 Å². The largest absolute Gasteiger partial charge is 0.373 e. The summed E-state index contributed by atoms with van der Waals surface area (Å²) in [6.45, 7) is 1.18. The van der Waals surface area contributed by atoms with Crippen LogP contribution in [-0.4, -0.2) is 39.1 Å². The summed E-state index contributed by atoms with van der Waals surface area (Å²) in [6.07, 6.45) is 10.1. The molecule has 1 aliphatic carbocycles. The Balaban J connectivity index is 1.41. The van der Waals surface area contributed by atoms with Crippen molar-refractivity contribution in [3.8, 4) is 0 Å². The number of carbonyl (C=O) groups is 1. The van der Waals surface area contributed by atoms with Gasteiger partial charge in [0.1, 0.15) is 6.54 Å². The van der Waals surface area contributed by atoms with Crippen molar-refractivity contribution in [2.75, 3.05) is 6.61 Å². The molecule has 1 saturated carbocycles.